The van der Waals surface area contributed by atoms with Crippen LogP contribution in [0.15, 0.2) is 8.20 Å². The highest BCUT2D eigenvalue weighted by atomic mass is 127. The molecule has 0 spiro atoms. The second kappa shape index (κ2) is 2.15. The van der Waals surface area contributed by atoms with Crippen LogP contribution in [0.25, 0.3) is 0 Å². The molecule has 7 heavy (non-hydrogen) atoms. The van der Waals surface area contributed by atoms with E-state index in [-0.39, 0.29) is 21.0 Å². The van der Waals surface area contributed by atoms with Crippen molar-refractivity contribution in [1.82, 2.24) is 0 Å². The van der Waals surface area contributed by atoms with Crippen LogP contribution in [0.1, 0.15) is 0 Å². The Labute approximate surface area is 51.4 Å². The molecule has 0 amide bonds. The highest BCUT2D eigenvalue weighted by Gasteiger charge is 1.83. The summed E-state index contributed by atoms with van der Waals surface area (Å²) in [6, 6.07) is 0. The number of halogens is 1. The van der Waals surface area contributed by atoms with Crippen LogP contribution >= 0.6 is 21.0 Å². The molecule has 0 unspecified atom stereocenters. The van der Waals surface area contributed by atoms with Crippen LogP contribution in [0.3, 0.4) is 0 Å². The third kappa shape index (κ3) is 1.34. The summed E-state index contributed by atoms with van der Waals surface area (Å²) >= 11 is -0.136. The van der Waals surface area contributed by atoms with Gasteiger partial charge >= 0.3 is 0 Å². The fourth-order valence-corrected chi connectivity index (χ4v) is 1.25. The van der Waals surface area contributed by atoms with Gasteiger partial charge < -0.3 is 5.73 Å². The molecule has 1 aliphatic rings. The molecular formula is C3H4IN3. The van der Waals surface area contributed by atoms with Gasteiger partial charge in [0.1, 0.15) is 5.84 Å². The zero-order valence-electron chi connectivity index (χ0n) is 3.50. The fourth-order valence-electron chi connectivity index (χ4n) is 0.215. The van der Waals surface area contributed by atoms with Crippen molar-refractivity contribution in [2.45, 2.75) is 0 Å². The first kappa shape index (κ1) is 4.89. The maximum Gasteiger partial charge on any atom is 0.142 e. The third-order valence-electron chi connectivity index (χ3n) is 0.479. The molecule has 0 saturated carbocycles. The molecular weight excluding hydrogens is 205 g/mol. The van der Waals surface area contributed by atoms with Crippen molar-refractivity contribution in [2.24, 2.45) is 13.9 Å². The number of hydrogen-bond acceptors (Lipinski definition) is 3. The normalized spacial score (nSPS) is 18.0. The van der Waals surface area contributed by atoms with Gasteiger partial charge in [0.15, 0.2) is 0 Å². The predicted octanol–water partition coefficient (Wildman–Crippen LogP) is 0.0734. The average Bonchev–Trinajstić information content (AvgIpc) is 1.69. The smallest absolute Gasteiger partial charge is 0.142 e. The topological polar surface area (TPSA) is 50.7 Å². The largest absolute Gasteiger partial charge is 0.382 e. The summed E-state index contributed by atoms with van der Waals surface area (Å²) in [5.74, 6) is 0.519. The quantitative estimate of drug-likeness (QED) is 0.564. The van der Waals surface area contributed by atoms with Crippen LogP contribution in [-0.4, -0.2) is 16.2 Å². The minimum absolute atomic E-state index is 0.136. The Morgan fingerprint density at radius 2 is 2.57 bits per heavy atom. The van der Waals surface area contributed by atoms with Gasteiger partial charge in [-0.1, -0.05) is 0 Å². The number of nitrogens with zero attached hydrogens (tertiary/aromatic N) is 2. The summed E-state index contributed by atoms with van der Waals surface area (Å²) in [6.45, 7) is 0. The number of rotatable bonds is 0. The van der Waals surface area contributed by atoms with E-state index in [0.29, 0.717) is 5.84 Å². The molecule has 1 aliphatic heterocycles. The number of aliphatic imine (C=N–C) groups is 1. The molecule has 0 radical (unpaired) electrons. The summed E-state index contributed by atoms with van der Waals surface area (Å²) in [4.78, 5) is 3.80. The van der Waals surface area contributed by atoms with Crippen LogP contribution in [0.5, 0.6) is 0 Å². The van der Waals surface area contributed by atoms with Gasteiger partial charge in [-0.25, -0.2) is 8.20 Å². The van der Waals surface area contributed by atoms with Crippen molar-refractivity contribution in [3.05, 3.63) is 0 Å². The van der Waals surface area contributed by atoms with E-state index < -0.39 is 0 Å². The Morgan fingerprint density at radius 1 is 1.71 bits per heavy atom. The zero-order valence-corrected chi connectivity index (χ0v) is 5.66. The van der Waals surface area contributed by atoms with Gasteiger partial charge in [0.2, 0.25) is 0 Å². The average molecular weight is 209 g/mol. The van der Waals surface area contributed by atoms with E-state index in [0.717, 1.165) is 0 Å². The second-order valence-corrected chi connectivity index (χ2v) is 2.65. The van der Waals surface area contributed by atoms with E-state index in [1.807, 2.05) is 0 Å². The number of nitrogens with two attached hydrogens (primary N) is 1. The van der Waals surface area contributed by atoms with Crippen molar-refractivity contribution in [2.75, 3.05) is 0 Å². The summed E-state index contributed by atoms with van der Waals surface area (Å²) < 4.78 is 5.72. The van der Waals surface area contributed by atoms with Crippen LogP contribution in [0, 0.1) is 0 Å². The van der Waals surface area contributed by atoms with E-state index in [9.17, 15) is 0 Å². The van der Waals surface area contributed by atoms with Gasteiger partial charge in [0, 0.05) is 21.0 Å². The summed E-state index contributed by atoms with van der Waals surface area (Å²) in [6.07, 6.45) is 1.60. The first-order valence-electron chi connectivity index (χ1n) is 1.70. The Morgan fingerprint density at radius 3 is 2.86 bits per heavy atom. The molecule has 2 N–H and O–H groups in total. The summed E-state index contributed by atoms with van der Waals surface area (Å²) in [5.41, 5.74) is 5.22. The van der Waals surface area contributed by atoms with Gasteiger partial charge in [0.05, 0.1) is 10.4 Å². The minimum Gasteiger partial charge on any atom is -0.382 e. The fraction of sp³-hybridized carbons (Fsp3) is 0. The lowest BCUT2D eigenvalue weighted by Crippen LogP contribution is -2.13. The molecule has 0 atom stereocenters. The molecule has 38 valence electrons. The monoisotopic (exact) mass is 209 g/mol. The van der Waals surface area contributed by atoms with Crippen LogP contribution < -0.4 is 5.73 Å². The van der Waals surface area contributed by atoms with Crippen molar-refractivity contribution in [3.63, 3.8) is 0 Å². The molecule has 0 aromatic rings. The Balaban J connectivity index is 2.82. The highest BCUT2D eigenvalue weighted by molar-refractivity contribution is 14.2. The Kier molecular flexibility index (Phi) is 1.50. The molecule has 0 fully saturated rings. The highest BCUT2D eigenvalue weighted by Crippen LogP contribution is 1.96. The van der Waals surface area contributed by atoms with Gasteiger partial charge in [-0.2, -0.15) is 0 Å². The van der Waals surface area contributed by atoms with Crippen molar-refractivity contribution in [1.29, 1.82) is 0 Å². The molecule has 0 saturated heterocycles. The molecule has 0 aromatic heterocycles. The Hall–Kier alpha value is -0.260. The summed E-state index contributed by atoms with van der Waals surface area (Å²) in [5, 5.41) is 0. The van der Waals surface area contributed by atoms with Gasteiger partial charge in [0.25, 0.3) is 0 Å². The molecule has 4 heteroatoms. The summed E-state index contributed by atoms with van der Waals surface area (Å²) in [7, 11) is 0. The molecule has 3 nitrogen and oxygen atoms in total. The molecule has 0 aromatic carbocycles. The van der Waals surface area contributed by atoms with Crippen LogP contribution in [0.4, 0.5) is 0 Å². The van der Waals surface area contributed by atoms with Crippen molar-refractivity contribution >= 4 is 37.2 Å². The molecule has 1 rings (SSSR count). The van der Waals surface area contributed by atoms with E-state index >= 15 is 0 Å². The van der Waals surface area contributed by atoms with Gasteiger partial charge in [-0.05, 0) is 0 Å². The first-order chi connectivity index (χ1) is 3.39. The predicted molar refractivity (Wildman–Crippen MR) is 40.2 cm³/mol. The van der Waals surface area contributed by atoms with E-state index in [1.165, 1.54) is 0 Å². The molecule has 0 aliphatic carbocycles. The van der Waals surface area contributed by atoms with Gasteiger partial charge in [-0.3, -0.25) is 0 Å². The number of hydrogen-bond donors (Lipinski definition) is 1. The lowest BCUT2D eigenvalue weighted by molar-refractivity contribution is 1.69. The lowest BCUT2D eigenvalue weighted by atomic mass is 10.7. The molecule has 0 bridgehead atoms. The maximum absolute atomic E-state index is 5.22. The maximum atomic E-state index is 5.22. The SMILES string of the molecule is NC1=NC=IN=C1. The van der Waals surface area contributed by atoms with Crippen LogP contribution in [-0.2, 0) is 0 Å². The van der Waals surface area contributed by atoms with E-state index in [4.69, 9.17) is 5.73 Å². The first-order valence-corrected chi connectivity index (χ1v) is 3.92. The van der Waals surface area contributed by atoms with Crippen molar-refractivity contribution < 1.29 is 0 Å². The van der Waals surface area contributed by atoms with E-state index in [1.54, 1.807) is 10.4 Å². The lowest BCUT2D eigenvalue weighted by Gasteiger charge is -1.87. The second-order valence-electron chi connectivity index (χ2n) is 0.976. The Bertz CT molecular complexity index is 146. The van der Waals surface area contributed by atoms with Gasteiger partial charge in [-0.15, -0.1) is 0 Å². The number of amidine groups is 1. The zero-order chi connectivity index (χ0) is 5.11. The standard InChI is InChI=1S/C3H4IN3/c5-3-1-7-4-2-6-3/h1-2H,(H2,5,6). The van der Waals surface area contributed by atoms with E-state index in [2.05, 4.69) is 8.20 Å². The van der Waals surface area contributed by atoms with Crippen LogP contribution in [0.2, 0.25) is 0 Å². The molecule has 1 heterocycles. The minimum atomic E-state index is -0.136. The van der Waals surface area contributed by atoms with Crippen molar-refractivity contribution in [3.8, 4) is 0 Å². The third-order valence-corrected chi connectivity index (χ3v) is 1.61.